The highest BCUT2D eigenvalue weighted by atomic mass is 16.5. The Hall–Kier alpha value is -1.82. The molecule has 2 rings (SSSR count). The smallest absolute Gasteiger partial charge is 0.329 e. The largest absolute Gasteiger partial charge is 0.480 e. The first-order valence-electron chi connectivity index (χ1n) is 5.61. The van der Waals surface area contributed by atoms with Gasteiger partial charge in [-0.3, -0.25) is 4.79 Å². The minimum atomic E-state index is -1.01. The van der Waals surface area contributed by atoms with E-state index in [4.69, 9.17) is 14.3 Å². The number of rotatable bonds is 4. The highest BCUT2D eigenvalue weighted by Crippen LogP contribution is 2.26. The van der Waals surface area contributed by atoms with Crippen LogP contribution in [-0.4, -0.2) is 47.2 Å². The third-order valence-electron chi connectivity index (χ3n) is 2.83. The van der Waals surface area contributed by atoms with Crippen molar-refractivity contribution < 1.29 is 23.8 Å². The first-order chi connectivity index (χ1) is 8.39. The molecule has 0 spiro atoms. The van der Waals surface area contributed by atoms with E-state index in [2.05, 4.69) is 0 Å². The number of carbonyl (C=O) groups excluding carboxylic acids is 1. The van der Waals surface area contributed by atoms with Gasteiger partial charge in [0.1, 0.15) is 18.0 Å². The van der Waals surface area contributed by atoms with Crippen LogP contribution in [0.15, 0.2) is 16.5 Å². The topological polar surface area (TPSA) is 80.0 Å². The maximum Gasteiger partial charge on any atom is 0.329 e. The highest BCUT2D eigenvalue weighted by Gasteiger charge is 2.43. The average molecular weight is 253 g/mol. The molecule has 18 heavy (non-hydrogen) atoms. The Morgan fingerprint density at radius 3 is 2.67 bits per heavy atom. The predicted molar refractivity (Wildman–Crippen MR) is 61.3 cm³/mol. The van der Waals surface area contributed by atoms with Gasteiger partial charge in [-0.15, -0.1) is 0 Å². The molecule has 6 nitrogen and oxygen atoms in total. The van der Waals surface area contributed by atoms with Gasteiger partial charge in [0.2, 0.25) is 0 Å². The summed E-state index contributed by atoms with van der Waals surface area (Å²) in [6.07, 6.45) is 0. The van der Waals surface area contributed by atoms with Gasteiger partial charge in [0.15, 0.2) is 5.76 Å². The lowest BCUT2D eigenvalue weighted by molar-refractivity contribution is -0.160. The molecule has 0 aliphatic carbocycles. The number of carbonyl (C=O) groups is 2. The number of hydrogen-bond donors (Lipinski definition) is 1. The SMILES string of the molecule is Cc1ccc(C(=O)N2CC(C)(OCC(=O)O)C2)o1. The molecule has 1 aliphatic heterocycles. The number of aliphatic carboxylic acids is 1. The lowest BCUT2D eigenvalue weighted by Crippen LogP contribution is -2.63. The molecule has 2 heterocycles. The van der Waals surface area contributed by atoms with Crippen LogP contribution in [-0.2, 0) is 9.53 Å². The summed E-state index contributed by atoms with van der Waals surface area (Å²) >= 11 is 0. The van der Waals surface area contributed by atoms with E-state index in [9.17, 15) is 9.59 Å². The summed E-state index contributed by atoms with van der Waals surface area (Å²) in [7, 11) is 0. The number of hydrogen-bond acceptors (Lipinski definition) is 4. The first kappa shape index (κ1) is 12.6. The van der Waals surface area contributed by atoms with Crippen molar-refractivity contribution in [1.29, 1.82) is 0 Å². The van der Waals surface area contributed by atoms with Gasteiger partial charge in [-0.25, -0.2) is 4.79 Å². The fourth-order valence-corrected chi connectivity index (χ4v) is 1.94. The second-order valence-electron chi connectivity index (χ2n) is 4.70. The molecule has 98 valence electrons. The summed E-state index contributed by atoms with van der Waals surface area (Å²) in [6.45, 7) is 3.95. The number of carboxylic acids is 1. The Bertz CT molecular complexity index is 473. The van der Waals surface area contributed by atoms with Gasteiger partial charge >= 0.3 is 5.97 Å². The zero-order chi connectivity index (χ0) is 13.3. The number of carboxylic acid groups (broad SMARTS) is 1. The standard InChI is InChI=1S/C12H15NO5/c1-8-3-4-9(18-8)11(16)13-6-12(2,7-13)17-5-10(14)15/h3-4H,5-7H2,1-2H3,(H,14,15). The first-order valence-corrected chi connectivity index (χ1v) is 5.61. The summed E-state index contributed by atoms with van der Waals surface area (Å²) in [6, 6.07) is 3.36. The van der Waals surface area contributed by atoms with Crippen LogP contribution in [0, 0.1) is 6.92 Å². The molecular formula is C12H15NO5. The Labute approximate surface area is 104 Å². The third-order valence-corrected chi connectivity index (χ3v) is 2.83. The summed E-state index contributed by atoms with van der Waals surface area (Å²) in [5.74, 6) is -0.223. The molecule has 0 aromatic carbocycles. The molecule has 0 atom stereocenters. The lowest BCUT2D eigenvalue weighted by atomic mass is 9.96. The molecular weight excluding hydrogens is 238 g/mol. The molecule has 0 radical (unpaired) electrons. The summed E-state index contributed by atoms with van der Waals surface area (Å²) in [4.78, 5) is 23.9. The second kappa shape index (κ2) is 4.45. The Morgan fingerprint density at radius 2 is 2.17 bits per heavy atom. The number of likely N-dealkylation sites (tertiary alicyclic amines) is 1. The Morgan fingerprint density at radius 1 is 1.50 bits per heavy atom. The second-order valence-corrected chi connectivity index (χ2v) is 4.70. The van der Waals surface area contributed by atoms with Gasteiger partial charge in [-0.1, -0.05) is 0 Å². The minimum absolute atomic E-state index is 0.195. The number of nitrogens with zero attached hydrogens (tertiary/aromatic N) is 1. The van der Waals surface area contributed by atoms with Crippen LogP contribution in [0.4, 0.5) is 0 Å². The van der Waals surface area contributed by atoms with Crippen molar-refractivity contribution in [2.45, 2.75) is 19.4 Å². The van der Waals surface area contributed by atoms with E-state index < -0.39 is 11.6 Å². The van der Waals surface area contributed by atoms with E-state index in [1.54, 1.807) is 30.9 Å². The third kappa shape index (κ3) is 2.53. The van der Waals surface area contributed by atoms with E-state index >= 15 is 0 Å². The van der Waals surface area contributed by atoms with Crippen LogP contribution in [0.25, 0.3) is 0 Å². The van der Waals surface area contributed by atoms with Crippen LogP contribution < -0.4 is 0 Å². The number of furan rings is 1. The number of ether oxygens (including phenoxy) is 1. The van der Waals surface area contributed by atoms with Crippen molar-refractivity contribution >= 4 is 11.9 Å². The van der Waals surface area contributed by atoms with Gasteiger partial charge < -0.3 is 19.2 Å². The number of aryl methyl sites for hydroxylation is 1. The van der Waals surface area contributed by atoms with Crippen molar-refractivity contribution in [2.75, 3.05) is 19.7 Å². The van der Waals surface area contributed by atoms with Crippen LogP contribution in [0.2, 0.25) is 0 Å². The zero-order valence-electron chi connectivity index (χ0n) is 10.3. The molecule has 1 aromatic heterocycles. The summed E-state index contributed by atoms with van der Waals surface area (Å²) in [5.41, 5.74) is -0.574. The molecule has 1 saturated heterocycles. The van der Waals surface area contributed by atoms with Crippen molar-refractivity contribution in [2.24, 2.45) is 0 Å². The maximum absolute atomic E-state index is 11.9. The molecule has 0 unspecified atom stereocenters. The molecule has 1 aliphatic rings. The average Bonchev–Trinajstić information content (AvgIpc) is 2.68. The Balaban J connectivity index is 1.88. The fourth-order valence-electron chi connectivity index (χ4n) is 1.94. The molecule has 1 amide bonds. The highest BCUT2D eigenvalue weighted by molar-refractivity contribution is 5.92. The summed E-state index contributed by atoms with van der Waals surface area (Å²) < 4.78 is 10.5. The van der Waals surface area contributed by atoms with Gasteiger partial charge in [-0.05, 0) is 26.0 Å². The zero-order valence-corrected chi connectivity index (χ0v) is 10.3. The monoisotopic (exact) mass is 253 g/mol. The van der Waals surface area contributed by atoms with Gasteiger partial charge in [0.05, 0.1) is 13.1 Å². The summed E-state index contributed by atoms with van der Waals surface area (Å²) in [5, 5.41) is 8.53. The van der Waals surface area contributed by atoms with Crippen LogP contribution in [0.5, 0.6) is 0 Å². The molecule has 1 aromatic rings. The van der Waals surface area contributed by atoms with E-state index in [1.807, 2.05) is 0 Å². The van der Waals surface area contributed by atoms with E-state index in [1.165, 1.54) is 0 Å². The van der Waals surface area contributed by atoms with Crippen molar-refractivity contribution in [3.8, 4) is 0 Å². The van der Waals surface area contributed by atoms with E-state index in [-0.39, 0.29) is 12.5 Å². The maximum atomic E-state index is 11.9. The van der Waals surface area contributed by atoms with Crippen LogP contribution in [0.1, 0.15) is 23.2 Å². The molecule has 0 saturated carbocycles. The van der Waals surface area contributed by atoms with Crippen molar-refractivity contribution in [3.63, 3.8) is 0 Å². The van der Waals surface area contributed by atoms with Crippen molar-refractivity contribution in [3.05, 3.63) is 23.7 Å². The van der Waals surface area contributed by atoms with Crippen LogP contribution in [0.3, 0.4) is 0 Å². The molecule has 6 heteroatoms. The molecule has 0 bridgehead atoms. The van der Waals surface area contributed by atoms with Gasteiger partial charge in [0, 0.05) is 0 Å². The predicted octanol–water partition coefficient (Wildman–Crippen LogP) is 0.904. The van der Waals surface area contributed by atoms with Crippen molar-refractivity contribution in [1.82, 2.24) is 4.90 Å². The van der Waals surface area contributed by atoms with Gasteiger partial charge in [-0.2, -0.15) is 0 Å². The number of amides is 1. The fraction of sp³-hybridized carbons (Fsp3) is 0.500. The lowest BCUT2D eigenvalue weighted by Gasteiger charge is -2.46. The molecule has 1 N–H and O–H groups in total. The van der Waals surface area contributed by atoms with E-state index in [0.717, 1.165) is 0 Å². The van der Waals surface area contributed by atoms with E-state index in [0.29, 0.717) is 24.6 Å². The van der Waals surface area contributed by atoms with Gasteiger partial charge in [0.25, 0.3) is 5.91 Å². The Kier molecular flexibility index (Phi) is 3.13. The van der Waals surface area contributed by atoms with Crippen LogP contribution >= 0.6 is 0 Å². The molecule has 1 fully saturated rings. The quantitative estimate of drug-likeness (QED) is 0.862. The normalized spacial score (nSPS) is 17.3. The minimum Gasteiger partial charge on any atom is -0.480 e.